The van der Waals surface area contributed by atoms with Gasteiger partial charge in [0.2, 0.25) is 0 Å². The Kier molecular flexibility index (Phi) is 6.60. The van der Waals surface area contributed by atoms with Crippen molar-refractivity contribution in [3.8, 4) is 5.75 Å². The summed E-state index contributed by atoms with van der Waals surface area (Å²) >= 11 is 0. The Morgan fingerprint density at radius 2 is 1.97 bits per heavy atom. The van der Waals surface area contributed by atoms with Crippen molar-refractivity contribution in [1.29, 1.82) is 0 Å². The molecular formula is C26H28FN5O4. The molecule has 0 bridgehead atoms. The number of benzene rings is 2. The fourth-order valence-electron chi connectivity index (χ4n) is 5.02. The molecule has 3 amide bonds. The Morgan fingerprint density at radius 1 is 1.22 bits per heavy atom. The van der Waals surface area contributed by atoms with E-state index in [4.69, 9.17) is 15.2 Å². The van der Waals surface area contributed by atoms with E-state index < -0.39 is 17.8 Å². The normalized spacial score (nSPS) is 21.8. The van der Waals surface area contributed by atoms with Gasteiger partial charge in [0.1, 0.15) is 23.4 Å². The maximum Gasteiger partial charge on any atom is 0.326 e. The highest BCUT2D eigenvalue weighted by Gasteiger charge is 2.50. The summed E-state index contributed by atoms with van der Waals surface area (Å²) < 4.78 is 24.3. The molecule has 2 aromatic carbocycles. The van der Waals surface area contributed by atoms with E-state index in [0.29, 0.717) is 30.5 Å². The quantitative estimate of drug-likeness (QED) is 0.643. The lowest BCUT2D eigenvalue weighted by Gasteiger charge is -2.34. The van der Waals surface area contributed by atoms with Gasteiger partial charge in [-0.3, -0.25) is 9.69 Å². The summed E-state index contributed by atoms with van der Waals surface area (Å²) in [7, 11) is 1.43. The van der Waals surface area contributed by atoms with E-state index in [1.54, 1.807) is 11.1 Å². The third-order valence-electron chi connectivity index (χ3n) is 6.82. The predicted molar refractivity (Wildman–Crippen MR) is 132 cm³/mol. The van der Waals surface area contributed by atoms with Gasteiger partial charge in [0.15, 0.2) is 0 Å². The molecule has 2 atom stereocenters. The van der Waals surface area contributed by atoms with E-state index in [0.717, 1.165) is 24.5 Å². The molecule has 3 aliphatic heterocycles. The summed E-state index contributed by atoms with van der Waals surface area (Å²) in [6.07, 6.45) is 5.16. The van der Waals surface area contributed by atoms with Crippen molar-refractivity contribution < 1.29 is 23.5 Å². The van der Waals surface area contributed by atoms with Crippen LogP contribution < -0.4 is 20.7 Å². The fourth-order valence-corrected chi connectivity index (χ4v) is 5.02. The van der Waals surface area contributed by atoms with Crippen LogP contribution in [0.25, 0.3) is 0 Å². The van der Waals surface area contributed by atoms with Crippen molar-refractivity contribution in [2.45, 2.75) is 37.5 Å². The van der Waals surface area contributed by atoms with Gasteiger partial charge in [-0.05, 0) is 54.8 Å². The number of halogens is 1. The van der Waals surface area contributed by atoms with Crippen LogP contribution in [0.15, 0.2) is 59.7 Å². The highest BCUT2D eigenvalue weighted by Crippen LogP contribution is 2.35. The summed E-state index contributed by atoms with van der Waals surface area (Å²) in [5.74, 6) is -0.279. The molecule has 0 aromatic heterocycles. The molecule has 0 spiro atoms. The van der Waals surface area contributed by atoms with Crippen molar-refractivity contribution in [1.82, 2.24) is 10.2 Å². The van der Waals surface area contributed by atoms with Crippen molar-refractivity contribution in [2.24, 2.45) is 10.7 Å². The molecule has 2 fully saturated rings. The number of rotatable bonds is 6. The molecule has 0 aliphatic carbocycles. The third kappa shape index (κ3) is 4.39. The zero-order valence-corrected chi connectivity index (χ0v) is 19.9. The standard InChI is InChI=1S/C26H28FN5O4/c1-35-22-7-4-17(27)14-20(22)25(33)30-15-16-2-5-18(6-3-16)32-23-21(8-11-29-24(23)28)31(26(32)34)19-9-12-36-13-10-19/h2-8,11,14,19,21,23H,9-10,12-13,15H2,1H3,(H2,28,29)(H,30,33). The highest BCUT2D eigenvalue weighted by molar-refractivity contribution is 6.06. The highest BCUT2D eigenvalue weighted by atomic mass is 19.1. The number of fused-ring (bicyclic) bond motifs is 1. The average molecular weight is 494 g/mol. The van der Waals surface area contributed by atoms with Crippen molar-refractivity contribution in [3.05, 3.63) is 71.7 Å². The second-order valence-electron chi connectivity index (χ2n) is 8.93. The number of nitrogens with zero attached hydrogens (tertiary/aromatic N) is 3. The second kappa shape index (κ2) is 9.98. The number of ether oxygens (including phenoxy) is 2. The van der Waals surface area contributed by atoms with Crippen LogP contribution in [0.2, 0.25) is 0 Å². The maximum absolute atomic E-state index is 13.6. The number of amides is 3. The Hall–Kier alpha value is -3.92. The molecule has 2 aromatic rings. The number of aliphatic imine (C=N–C) groups is 1. The minimum absolute atomic E-state index is 0.0774. The van der Waals surface area contributed by atoms with Gasteiger partial charge in [-0.15, -0.1) is 0 Å². The SMILES string of the molecule is COc1ccc(F)cc1C(=O)NCc1ccc(N2C(=O)N(C3CCOCC3)C3C=CN=C(N)C32)cc1. The molecule has 3 N–H and O–H groups in total. The molecule has 10 heteroatoms. The first-order chi connectivity index (χ1) is 17.5. The van der Waals surface area contributed by atoms with E-state index >= 15 is 0 Å². The van der Waals surface area contributed by atoms with E-state index in [-0.39, 0.29) is 30.2 Å². The first-order valence-electron chi connectivity index (χ1n) is 11.9. The predicted octanol–water partition coefficient (Wildman–Crippen LogP) is 2.81. The Morgan fingerprint density at radius 3 is 2.69 bits per heavy atom. The number of carbonyl (C=O) groups is 2. The Labute approximate surface area is 208 Å². The monoisotopic (exact) mass is 493 g/mol. The number of nitrogens with one attached hydrogen (secondary N) is 1. The Bertz CT molecular complexity index is 1210. The summed E-state index contributed by atoms with van der Waals surface area (Å²) in [6, 6.07) is 10.5. The lowest BCUT2D eigenvalue weighted by molar-refractivity contribution is 0.0457. The Balaban J connectivity index is 1.32. The summed E-state index contributed by atoms with van der Waals surface area (Å²) in [4.78, 5) is 34.1. The van der Waals surface area contributed by atoms with Gasteiger partial charge in [-0.1, -0.05) is 12.1 Å². The molecule has 2 unspecified atom stereocenters. The van der Waals surface area contributed by atoms with Gasteiger partial charge < -0.3 is 25.4 Å². The first kappa shape index (κ1) is 23.8. The smallest absolute Gasteiger partial charge is 0.326 e. The van der Waals surface area contributed by atoms with Crippen LogP contribution in [0.1, 0.15) is 28.8 Å². The second-order valence-corrected chi connectivity index (χ2v) is 8.93. The van der Waals surface area contributed by atoms with Gasteiger partial charge in [-0.25, -0.2) is 14.2 Å². The minimum atomic E-state index is -0.519. The summed E-state index contributed by atoms with van der Waals surface area (Å²) in [6.45, 7) is 1.47. The molecule has 0 saturated carbocycles. The van der Waals surface area contributed by atoms with Gasteiger partial charge in [0, 0.05) is 37.7 Å². The minimum Gasteiger partial charge on any atom is -0.496 e. The van der Waals surface area contributed by atoms with Gasteiger partial charge in [-0.2, -0.15) is 0 Å². The maximum atomic E-state index is 13.6. The lowest BCUT2D eigenvalue weighted by atomic mass is 10.0. The molecule has 3 aliphatic rings. The van der Waals surface area contributed by atoms with Crippen LogP contribution in [0, 0.1) is 5.82 Å². The summed E-state index contributed by atoms with van der Waals surface area (Å²) in [5.41, 5.74) is 7.90. The number of hydrogen-bond donors (Lipinski definition) is 2. The van der Waals surface area contributed by atoms with Gasteiger partial charge in [0.25, 0.3) is 5.91 Å². The van der Waals surface area contributed by atoms with E-state index in [1.165, 1.54) is 19.2 Å². The van der Waals surface area contributed by atoms with Gasteiger partial charge in [0.05, 0.1) is 18.7 Å². The molecule has 0 radical (unpaired) electrons. The molecule has 3 heterocycles. The van der Waals surface area contributed by atoms with Crippen LogP contribution in [0.5, 0.6) is 5.75 Å². The number of carbonyl (C=O) groups excluding carboxylic acids is 2. The largest absolute Gasteiger partial charge is 0.496 e. The van der Waals surface area contributed by atoms with Crippen LogP contribution >= 0.6 is 0 Å². The molecule has 188 valence electrons. The van der Waals surface area contributed by atoms with Crippen molar-refractivity contribution >= 4 is 23.5 Å². The average Bonchev–Trinajstić information content (AvgIpc) is 3.21. The van der Waals surface area contributed by atoms with E-state index in [9.17, 15) is 14.0 Å². The fraction of sp³-hybridized carbons (Fsp3) is 0.346. The topological polar surface area (TPSA) is 109 Å². The van der Waals surface area contributed by atoms with E-state index in [1.807, 2.05) is 35.2 Å². The molecular weight excluding hydrogens is 465 g/mol. The summed E-state index contributed by atoms with van der Waals surface area (Å²) in [5, 5.41) is 2.78. The number of nitrogens with two attached hydrogens (primary N) is 1. The molecule has 5 rings (SSSR count). The van der Waals surface area contributed by atoms with Gasteiger partial charge >= 0.3 is 6.03 Å². The number of urea groups is 1. The van der Waals surface area contributed by atoms with Crippen molar-refractivity contribution in [3.63, 3.8) is 0 Å². The third-order valence-corrected chi connectivity index (χ3v) is 6.82. The zero-order chi connectivity index (χ0) is 25.2. The van der Waals surface area contributed by atoms with Crippen LogP contribution in [0.4, 0.5) is 14.9 Å². The number of amidine groups is 1. The first-order valence-corrected chi connectivity index (χ1v) is 11.9. The molecule has 9 nitrogen and oxygen atoms in total. The number of hydrogen-bond acceptors (Lipinski definition) is 6. The zero-order valence-electron chi connectivity index (χ0n) is 19.9. The van der Waals surface area contributed by atoms with Crippen LogP contribution in [-0.2, 0) is 11.3 Å². The van der Waals surface area contributed by atoms with E-state index in [2.05, 4.69) is 10.3 Å². The van der Waals surface area contributed by atoms with Crippen LogP contribution in [0.3, 0.4) is 0 Å². The number of anilines is 1. The lowest BCUT2D eigenvalue weighted by Crippen LogP contribution is -2.49. The molecule has 36 heavy (non-hydrogen) atoms. The van der Waals surface area contributed by atoms with Crippen LogP contribution in [-0.4, -0.2) is 61.1 Å². The number of methoxy groups -OCH3 is 1. The van der Waals surface area contributed by atoms with Crippen molar-refractivity contribution in [2.75, 3.05) is 25.2 Å². The molecule has 2 saturated heterocycles.